The first kappa shape index (κ1) is 23.8. The minimum absolute atomic E-state index is 0.797. The number of ether oxygens (including phenoxy) is 2. The van der Waals surface area contributed by atoms with Crippen LogP contribution in [0.4, 0.5) is 0 Å². The molecule has 1 heterocycles. The van der Waals surface area contributed by atoms with E-state index >= 15 is 0 Å². The van der Waals surface area contributed by atoms with Gasteiger partial charge in [-0.1, -0.05) is 93.8 Å². The van der Waals surface area contributed by atoms with Gasteiger partial charge in [-0.05, 0) is 48.2 Å². The molecule has 2 aromatic carbocycles. The Bertz CT molecular complexity index is 834. The molecule has 0 saturated carbocycles. The predicted molar refractivity (Wildman–Crippen MR) is 133 cm³/mol. The molecular weight excluding hydrogens is 394 g/mol. The zero-order chi connectivity index (χ0) is 22.1. The molecule has 0 aliphatic rings. The Morgan fingerprint density at radius 1 is 0.469 bits per heavy atom. The van der Waals surface area contributed by atoms with Crippen LogP contribution in [0.3, 0.4) is 0 Å². The third-order valence-electron chi connectivity index (χ3n) is 5.67. The van der Waals surface area contributed by atoms with E-state index in [1.807, 2.05) is 18.2 Å². The first-order valence-corrected chi connectivity index (χ1v) is 12.2. The maximum Gasteiger partial charge on any atom is 0.137 e. The van der Waals surface area contributed by atoms with Gasteiger partial charge in [0.05, 0.1) is 19.4 Å². The first-order chi connectivity index (χ1) is 15.9. The monoisotopic (exact) mass is 431 g/mol. The van der Waals surface area contributed by atoms with Crippen molar-refractivity contribution in [1.29, 1.82) is 0 Å². The average molecular weight is 432 g/mol. The van der Waals surface area contributed by atoms with E-state index in [0.717, 1.165) is 37.6 Å². The van der Waals surface area contributed by atoms with E-state index in [2.05, 4.69) is 53.5 Å². The van der Waals surface area contributed by atoms with E-state index < -0.39 is 0 Å². The van der Waals surface area contributed by atoms with Gasteiger partial charge < -0.3 is 9.47 Å². The van der Waals surface area contributed by atoms with Crippen LogP contribution in [0.5, 0.6) is 11.5 Å². The minimum atomic E-state index is 0.797. The van der Waals surface area contributed by atoms with E-state index in [-0.39, 0.29) is 0 Å². The quantitative estimate of drug-likeness (QED) is 0.215. The fourth-order valence-corrected chi connectivity index (χ4v) is 3.81. The number of benzene rings is 2. The molecule has 3 heteroatoms. The highest BCUT2D eigenvalue weighted by Crippen LogP contribution is 2.22. The van der Waals surface area contributed by atoms with Gasteiger partial charge in [-0.3, -0.25) is 4.98 Å². The second-order valence-electron chi connectivity index (χ2n) is 8.31. The van der Waals surface area contributed by atoms with Gasteiger partial charge in [-0.25, -0.2) is 0 Å². The maximum atomic E-state index is 5.90. The van der Waals surface area contributed by atoms with Crippen molar-refractivity contribution in [2.45, 2.75) is 64.2 Å². The smallest absolute Gasteiger partial charge is 0.137 e. The highest BCUT2D eigenvalue weighted by molar-refractivity contribution is 5.63. The summed E-state index contributed by atoms with van der Waals surface area (Å²) in [6.07, 6.45) is 16.3. The van der Waals surface area contributed by atoms with Crippen LogP contribution in [-0.2, 0) is 0 Å². The molecule has 0 aliphatic carbocycles. The summed E-state index contributed by atoms with van der Waals surface area (Å²) in [4.78, 5) is 4.06. The standard InChI is InChI=1S/C29H37NO2/c1(2-4-6-8-13-24-32-29-17-14-22-30-25-29)3-5-7-12-23-31-28-20-18-27(19-21-28)26-15-10-9-11-16-26/h9-11,14-22,25H,1-8,12-13,23-24H2. The van der Waals surface area contributed by atoms with Crippen LogP contribution in [0.2, 0.25) is 0 Å². The number of aromatic nitrogens is 1. The summed E-state index contributed by atoms with van der Waals surface area (Å²) in [5.41, 5.74) is 2.48. The van der Waals surface area contributed by atoms with Crippen LogP contribution in [0.25, 0.3) is 11.1 Å². The summed E-state index contributed by atoms with van der Waals surface area (Å²) in [6.45, 7) is 1.61. The summed E-state index contributed by atoms with van der Waals surface area (Å²) in [5, 5.41) is 0. The van der Waals surface area contributed by atoms with E-state index in [1.54, 1.807) is 12.4 Å². The molecule has 0 saturated heterocycles. The van der Waals surface area contributed by atoms with E-state index in [0.29, 0.717) is 0 Å². The van der Waals surface area contributed by atoms with E-state index in [9.17, 15) is 0 Å². The van der Waals surface area contributed by atoms with Crippen LogP contribution in [0.15, 0.2) is 79.1 Å². The SMILES string of the molecule is c1ccc(-c2ccc(OCCCCCCCCCCCCOc3cccnc3)cc2)cc1. The lowest BCUT2D eigenvalue weighted by molar-refractivity contribution is 0.302. The van der Waals surface area contributed by atoms with E-state index in [1.165, 1.54) is 62.5 Å². The van der Waals surface area contributed by atoms with Gasteiger partial charge in [0.2, 0.25) is 0 Å². The molecule has 3 rings (SSSR count). The van der Waals surface area contributed by atoms with Gasteiger partial charge >= 0.3 is 0 Å². The summed E-state index contributed by atoms with van der Waals surface area (Å²) >= 11 is 0. The van der Waals surface area contributed by atoms with Crippen molar-refractivity contribution in [2.24, 2.45) is 0 Å². The highest BCUT2D eigenvalue weighted by Gasteiger charge is 1.99. The highest BCUT2D eigenvalue weighted by atomic mass is 16.5. The molecule has 0 N–H and O–H groups in total. The molecule has 0 radical (unpaired) electrons. The van der Waals surface area contributed by atoms with Crippen molar-refractivity contribution < 1.29 is 9.47 Å². The fourth-order valence-electron chi connectivity index (χ4n) is 3.81. The van der Waals surface area contributed by atoms with Crippen LogP contribution in [0, 0.1) is 0 Å². The molecule has 170 valence electrons. The van der Waals surface area contributed by atoms with Crippen molar-refractivity contribution in [1.82, 2.24) is 4.98 Å². The van der Waals surface area contributed by atoms with Crippen molar-refractivity contribution >= 4 is 0 Å². The summed E-state index contributed by atoms with van der Waals surface area (Å²) in [6, 6.07) is 22.8. The number of hydrogen-bond acceptors (Lipinski definition) is 3. The molecular formula is C29H37NO2. The van der Waals surface area contributed by atoms with Gasteiger partial charge in [0.1, 0.15) is 11.5 Å². The zero-order valence-corrected chi connectivity index (χ0v) is 19.3. The topological polar surface area (TPSA) is 31.4 Å². The largest absolute Gasteiger partial charge is 0.494 e. The second kappa shape index (κ2) is 15.1. The Morgan fingerprint density at radius 2 is 1.00 bits per heavy atom. The lowest BCUT2D eigenvalue weighted by Crippen LogP contribution is -1.97. The second-order valence-corrected chi connectivity index (χ2v) is 8.31. The van der Waals surface area contributed by atoms with Crippen LogP contribution in [-0.4, -0.2) is 18.2 Å². The lowest BCUT2D eigenvalue weighted by Gasteiger charge is -2.08. The number of pyridine rings is 1. The Labute approximate surface area is 193 Å². The fraction of sp³-hybridized carbons (Fsp3) is 0.414. The number of rotatable bonds is 16. The van der Waals surface area contributed by atoms with Crippen molar-refractivity contribution in [2.75, 3.05) is 13.2 Å². The van der Waals surface area contributed by atoms with Gasteiger partial charge in [0.15, 0.2) is 0 Å². The Kier molecular flexibility index (Phi) is 11.2. The van der Waals surface area contributed by atoms with Gasteiger partial charge in [-0.15, -0.1) is 0 Å². The zero-order valence-electron chi connectivity index (χ0n) is 19.3. The molecule has 0 amide bonds. The molecule has 1 aromatic heterocycles. The lowest BCUT2D eigenvalue weighted by atomic mass is 10.1. The summed E-state index contributed by atoms with van der Waals surface area (Å²) < 4.78 is 11.6. The molecule has 0 bridgehead atoms. The van der Waals surface area contributed by atoms with Crippen LogP contribution >= 0.6 is 0 Å². The summed E-state index contributed by atoms with van der Waals surface area (Å²) in [5.74, 6) is 1.84. The van der Waals surface area contributed by atoms with Crippen molar-refractivity contribution in [3.05, 3.63) is 79.1 Å². The average Bonchev–Trinajstić information content (AvgIpc) is 2.86. The molecule has 32 heavy (non-hydrogen) atoms. The van der Waals surface area contributed by atoms with E-state index in [4.69, 9.17) is 9.47 Å². The van der Waals surface area contributed by atoms with Crippen molar-refractivity contribution in [3.8, 4) is 22.6 Å². The van der Waals surface area contributed by atoms with Crippen LogP contribution in [0.1, 0.15) is 64.2 Å². The normalized spacial score (nSPS) is 10.8. The van der Waals surface area contributed by atoms with Crippen LogP contribution < -0.4 is 9.47 Å². The third kappa shape index (κ3) is 9.55. The van der Waals surface area contributed by atoms with Gasteiger partial charge in [0, 0.05) is 6.20 Å². The van der Waals surface area contributed by atoms with Gasteiger partial charge in [-0.2, -0.15) is 0 Å². The van der Waals surface area contributed by atoms with Gasteiger partial charge in [0.25, 0.3) is 0 Å². The number of hydrogen-bond donors (Lipinski definition) is 0. The van der Waals surface area contributed by atoms with Crippen molar-refractivity contribution in [3.63, 3.8) is 0 Å². The third-order valence-corrected chi connectivity index (χ3v) is 5.67. The number of nitrogens with zero attached hydrogens (tertiary/aromatic N) is 1. The molecule has 0 spiro atoms. The molecule has 0 atom stereocenters. The Balaban J connectivity index is 1.10. The summed E-state index contributed by atoms with van der Waals surface area (Å²) in [7, 11) is 0. The molecule has 0 fully saturated rings. The first-order valence-electron chi connectivity index (χ1n) is 12.2. The molecule has 3 aromatic rings. The molecule has 3 nitrogen and oxygen atoms in total. The minimum Gasteiger partial charge on any atom is -0.494 e. The Morgan fingerprint density at radius 3 is 1.56 bits per heavy atom. The molecule has 0 unspecified atom stereocenters. The maximum absolute atomic E-state index is 5.90. The number of unbranched alkanes of at least 4 members (excludes halogenated alkanes) is 9. The predicted octanol–water partition coefficient (Wildman–Crippen LogP) is 8.11. The Hall–Kier alpha value is -2.81. The molecule has 0 aliphatic heterocycles.